The molecule has 0 spiro atoms. The van der Waals surface area contributed by atoms with Crippen LogP contribution in [0.1, 0.15) is 0 Å². The molecular formula is C6H12N2O. The number of nitrogens with zero attached hydrogens (tertiary/aromatic N) is 2. The Morgan fingerprint density at radius 2 is 1.22 bits per heavy atom. The summed E-state index contributed by atoms with van der Waals surface area (Å²) in [5.74, 6) is 0. The molecule has 9 heavy (non-hydrogen) atoms. The van der Waals surface area contributed by atoms with Crippen molar-refractivity contribution in [2.75, 3.05) is 39.6 Å². The van der Waals surface area contributed by atoms with E-state index in [4.69, 9.17) is 4.74 Å². The van der Waals surface area contributed by atoms with Crippen LogP contribution in [0.5, 0.6) is 0 Å². The quantitative estimate of drug-likeness (QED) is 0.439. The van der Waals surface area contributed by atoms with Crippen LogP contribution in [0.25, 0.3) is 0 Å². The van der Waals surface area contributed by atoms with Crippen LogP contribution in [-0.4, -0.2) is 49.4 Å². The lowest BCUT2D eigenvalue weighted by atomic mass is 10.4. The third-order valence-electron chi connectivity index (χ3n) is 2.01. The van der Waals surface area contributed by atoms with Gasteiger partial charge in [0.2, 0.25) is 0 Å². The number of fused-ring (bicyclic) bond motifs is 4. The molecule has 0 saturated carbocycles. The molecule has 3 fully saturated rings. The minimum atomic E-state index is 0.844. The summed E-state index contributed by atoms with van der Waals surface area (Å²) < 4.78 is 5.33. The van der Waals surface area contributed by atoms with Gasteiger partial charge in [-0.2, -0.15) is 0 Å². The van der Waals surface area contributed by atoms with Crippen LogP contribution in [0.4, 0.5) is 0 Å². The van der Waals surface area contributed by atoms with E-state index in [0.29, 0.717) is 0 Å². The van der Waals surface area contributed by atoms with Crippen LogP contribution in [0.2, 0.25) is 0 Å². The fraction of sp³-hybridized carbons (Fsp3) is 1.00. The number of hydrogen-bond acceptors (Lipinski definition) is 3. The topological polar surface area (TPSA) is 15.7 Å². The average Bonchev–Trinajstić information content (AvgIpc) is 2.21. The Morgan fingerprint density at radius 3 is 1.67 bits per heavy atom. The number of ether oxygens (including phenoxy) is 1. The van der Waals surface area contributed by atoms with Crippen LogP contribution in [-0.2, 0) is 4.74 Å². The lowest BCUT2D eigenvalue weighted by Crippen LogP contribution is -2.42. The maximum atomic E-state index is 5.33. The number of piperazine rings is 1. The third-order valence-corrected chi connectivity index (χ3v) is 2.01. The highest BCUT2D eigenvalue weighted by atomic mass is 16.5. The van der Waals surface area contributed by atoms with Crippen molar-refractivity contribution >= 4 is 0 Å². The summed E-state index contributed by atoms with van der Waals surface area (Å²) in [7, 11) is 0. The lowest BCUT2D eigenvalue weighted by Gasteiger charge is -2.26. The van der Waals surface area contributed by atoms with Crippen molar-refractivity contribution < 1.29 is 4.74 Å². The van der Waals surface area contributed by atoms with E-state index in [1.165, 1.54) is 26.2 Å². The van der Waals surface area contributed by atoms with Gasteiger partial charge in [0, 0.05) is 26.2 Å². The van der Waals surface area contributed by atoms with Crippen molar-refractivity contribution in [2.24, 2.45) is 0 Å². The Bertz CT molecular complexity index is 81.7. The molecule has 0 atom stereocenters. The van der Waals surface area contributed by atoms with Crippen molar-refractivity contribution in [3.63, 3.8) is 0 Å². The Balaban J connectivity index is 2.03. The number of rotatable bonds is 0. The molecule has 52 valence electrons. The maximum Gasteiger partial charge on any atom is 0.101 e. The van der Waals surface area contributed by atoms with Crippen LogP contribution < -0.4 is 0 Å². The molecule has 2 bridgehead atoms. The summed E-state index contributed by atoms with van der Waals surface area (Å²) in [5.41, 5.74) is 0. The predicted molar refractivity (Wildman–Crippen MR) is 34.0 cm³/mol. The number of hydrogen-bond donors (Lipinski definition) is 0. The van der Waals surface area contributed by atoms with Crippen LogP contribution in [0, 0.1) is 0 Å². The van der Waals surface area contributed by atoms with Crippen molar-refractivity contribution in [1.82, 2.24) is 9.80 Å². The smallest absolute Gasteiger partial charge is 0.101 e. The summed E-state index contributed by atoms with van der Waals surface area (Å²) in [6.45, 7) is 6.47. The van der Waals surface area contributed by atoms with E-state index in [9.17, 15) is 0 Å². The van der Waals surface area contributed by atoms with Gasteiger partial charge in [-0.1, -0.05) is 0 Å². The van der Waals surface area contributed by atoms with Crippen LogP contribution in [0.3, 0.4) is 0 Å². The molecule has 0 aliphatic carbocycles. The fourth-order valence-corrected chi connectivity index (χ4v) is 1.35. The first-order chi connectivity index (χ1) is 4.45. The first-order valence-electron chi connectivity index (χ1n) is 3.47. The first kappa shape index (κ1) is 5.65. The standard InChI is InChI=1S/C6H12N2O/c1-2-8-4-3-7(1)5-9-6-8/h1-6H2. The van der Waals surface area contributed by atoms with Crippen molar-refractivity contribution in [1.29, 1.82) is 0 Å². The summed E-state index contributed by atoms with van der Waals surface area (Å²) in [4.78, 5) is 4.70. The molecule has 3 nitrogen and oxygen atoms in total. The average molecular weight is 128 g/mol. The van der Waals surface area contributed by atoms with E-state index < -0.39 is 0 Å². The van der Waals surface area contributed by atoms with E-state index in [0.717, 1.165) is 13.5 Å². The van der Waals surface area contributed by atoms with Crippen molar-refractivity contribution in [3.8, 4) is 0 Å². The van der Waals surface area contributed by atoms with Gasteiger partial charge in [-0.25, -0.2) is 0 Å². The minimum absolute atomic E-state index is 0.844. The molecule has 0 amide bonds. The monoisotopic (exact) mass is 128 g/mol. The van der Waals surface area contributed by atoms with Crippen molar-refractivity contribution in [2.45, 2.75) is 0 Å². The maximum absolute atomic E-state index is 5.33. The molecule has 3 heteroatoms. The van der Waals surface area contributed by atoms with Crippen molar-refractivity contribution in [3.05, 3.63) is 0 Å². The molecule has 3 heterocycles. The Morgan fingerprint density at radius 1 is 0.778 bits per heavy atom. The molecule has 3 rings (SSSR count). The van der Waals surface area contributed by atoms with Gasteiger partial charge in [0.1, 0.15) is 13.5 Å². The molecule has 3 saturated heterocycles. The molecule has 0 aromatic carbocycles. The van der Waals surface area contributed by atoms with Gasteiger partial charge in [0.15, 0.2) is 0 Å². The Kier molecular flexibility index (Phi) is 1.41. The fourth-order valence-electron chi connectivity index (χ4n) is 1.35. The predicted octanol–water partition coefficient (Wildman–Crippen LogP) is -0.451. The first-order valence-corrected chi connectivity index (χ1v) is 3.47. The second kappa shape index (κ2) is 2.25. The summed E-state index contributed by atoms with van der Waals surface area (Å²) in [6.07, 6.45) is 0. The molecule has 3 aliphatic heterocycles. The molecule has 0 aromatic rings. The Hall–Kier alpha value is -0.120. The highest BCUT2D eigenvalue weighted by Gasteiger charge is 2.20. The van der Waals surface area contributed by atoms with E-state index in [-0.39, 0.29) is 0 Å². The Labute approximate surface area is 55.2 Å². The zero-order chi connectivity index (χ0) is 6.10. The van der Waals surface area contributed by atoms with Crippen LogP contribution >= 0.6 is 0 Å². The summed E-state index contributed by atoms with van der Waals surface area (Å²) >= 11 is 0. The van der Waals surface area contributed by atoms with Gasteiger partial charge in [-0.15, -0.1) is 0 Å². The van der Waals surface area contributed by atoms with E-state index in [2.05, 4.69) is 9.80 Å². The lowest BCUT2D eigenvalue weighted by molar-refractivity contribution is 0.0423. The highest BCUT2D eigenvalue weighted by molar-refractivity contribution is 4.70. The van der Waals surface area contributed by atoms with Gasteiger partial charge in [-0.05, 0) is 0 Å². The van der Waals surface area contributed by atoms with Gasteiger partial charge >= 0.3 is 0 Å². The largest absolute Gasteiger partial charge is 0.351 e. The SMILES string of the molecule is C1CN2CCN1COC2. The van der Waals surface area contributed by atoms with Gasteiger partial charge < -0.3 is 4.74 Å². The zero-order valence-electron chi connectivity index (χ0n) is 5.55. The second-order valence-corrected chi connectivity index (χ2v) is 2.70. The summed E-state index contributed by atoms with van der Waals surface area (Å²) in [5, 5.41) is 0. The summed E-state index contributed by atoms with van der Waals surface area (Å²) in [6, 6.07) is 0. The minimum Gasteiger partial charge on any atom is -0.351 e. The van der Waals surface area contributed by atoms with Gasteiger partial charge in [0.05, 0.1) is 0 Å². The van der Waals surface area contributed by atoms with E-state index in [1.54, 1.807) is 0 Å². The molecule has 0 radical (unpaired) electrons. The normalized spacial score (nSPS) is 42.7. The van der Waals surface area contributed by atoms with E-state index in [1.807, 2.05) is 0 Å². The molecule has 0 unspecified atom stereocenters. The molecule has 3 aliphatic rings. The van der Waals surface area contributed by atoms with Gasteiger partial charge in [0.25, 0.3) is 0 Å². The van der Waals surface area contributed by atoms with Gasteiger partial charge in [-0.3, -0.25) is 9.80 Å². The molecule has 0 aromatic heterocycles. The molecule has 0 N–H and O–H groups in total. The highest BCUT2D eigenvalue weighted by Crippen LogP contribution is 2.05. The zero-order valence-corrected chi connectivity index (χ0v) is 5.55. The molecular weight excluding hydrogens is 116 g/mol. The third kappa shape index (κ3) is 1.08. The second-order valence-electron chi connectivity index (χ2n) is 2.70. The van der Waals surface area contributed by atoms with Crippen LogP contribution in [0.15, 0.2) is 0 Å². The van der Waals surface area contributed by atoms with E-state index >= 15 is 0 Å².